The Morgan fingerprint density at radius 3 is 2.84 bits per heavy atom. The van der Waals surface area contributed by atoms with Gasteiger partial charge in [-0.05, 0) is 36.8 Å². The van der Waals surface area contributed by atoms with Crippen molar-refractivity contribution in [2.24, 2.45) is 0 Å². The van der Waals surface area contributed by atoms with E-state index in [1.54, 1.807) is 0 Å². The minimum atomic E-state index is -0.700. The van der Waals surface area contributed by atoms with Gasteiger partial charge in [0, 0.05) is 23.5 Å². The van der Waals surface area contributed by atoms with Crippen LogP contribution >= 0.6 is 0 Å². The van der Waals surface area contributed by atoms with Crippen molar-refractivity contribution in [1.82, 2.24) is 4.98 Å². The van der Waals surface area contributed by atoms with Gasteiger partial charge in [-0.15, -0.1) is 0 Å². The fraction of sp³-hybridized carbons (Fsp3) is 0.438. The van der Waals surface area contributed by atoms with E-state index in [9.17, 15) is 4.79 Å². The Kier molecular flexibility index (Phi) is 4.61. The molecule has 0 amide bonds. The lowest BCUT2D eigenvalue weighted by Gasteiger charge is -2.15. The van der Waals surface area contributed by atoms with Crippen molar-refractivity contribution in [3.05, 3.63) is 36.0 Å². The molecule has 1 heterocycles. The summed E-state index contributed by atoms with van der Waals surface area (Å²) in [7, 11) is 0. The average Bonchev–Trinajstić information content (AvgIpc) is 2.81. The van der Waals surface area contributed by atoms with Crippen molar-refractivity contribution in [2.75, 3.05) is 0 Å². The van der Waals surface area contributed by atoms with E-state index in [-0.39, 0.29) is 6.42 Å². The molecule has 1 atom stereocenters. The number of aromatic nitrogens is 1. The van der Waals surface area contributed by atoms with E-state index in [2.05, 4.69) is 36.3 Å². The van der Waals surface area contributed by atoms with E-state index in [0.717, 1.165) is 31.2 Å². The van der Waals surface area contributed by atoms with Crippen LogP contribution in [0.4, 0.5) is 0 Å². The maximum Gasteiger partial charge on any atom is 0.303 e. The van der Waals surface area contributed by atoms with Gasteiger partial charge in [0.25, 0.3) is 0 Å². The van der Waals surface area contributed by atoms with Crippen molar-refractivity contribution in [1.29, 1.82) is 0 Å². The normalized spacial score (nSPS) is 12.7. The van der Waals surface area contributed by atoms with Crippen LogP contribution in [0.2, 0.25) is 0 Å². The monoisotopic (exact) mass is 259 g/mol. The Hall–Kier alpha value is -1.77. The molecule has 2 rings (SSSR count). The van der Waals surface area contributed by atoms with E-state index < -0.39 is 5.97 Å². The number of carboxylic acid groups (broad SMARTS) is 1. The zero-order chi connectivity index (χ0) is 13.7. The number of fused-ring (bicyclic) bond motifs is 1. The number of hydrogen-bond acceptors (Lipinski definition) is 1. The maximum atomic E-state index is 10.6. The number of aromatic amines is 1. The van der Waals surface area contributed by atoms with Crippen LogP contribution in [0.15, 0.2) is 30.5 Å². The van der Waals surface area contributed by atoms with Crippen molar-refractivity contribution in [3.8, 4) is 0 Å². The SMILES string of the molecule is CCCC(CCCC(=O)O)c1c[nH]c2ccccc12. The summed E-state index contributed by atoms with van der Waals surface area (Å²) in [4.78, 5) is 13.9. The number of H-pyrrole nitrogens is 1. The van der Waals surface area contributed by atoms with Gasteiger partial charge in [-0.25, -0.2) is 0 Å². The van der Waals surface area contributed by atoms with Crippen molar-refractivity contribution in [3.63, 3.8) is 0 Å². The van der Waals surface area contributed by atoms with Gasteiger partial charge < -0.3 is 10.1 Å². The van der Waals surface area contributed by atoms with Crippen LogP contribution in [0, 0.1) is 0 Å². The third-order valence-electron chi connectivity index (χ3n) is 3.64. The second-order valence-corrected chi connectivity index (χ2v) is 5.06. The van der Waals surface area contributed by atoms with E-state index in [4.69, 9.17) is 5.11 Å². The van der Waals surface area contributed by atoms with Crippen LogP contribution in [-0.4, -0.2) is 16.1 Å². The molecule has 0 saturated carbocycles. The molecule has 0 aliphatic heterocycles. The molecule has 0 spiro atoms. The van der Waals surface area contributed by atoms with Gasteiger partial charge >= 0.3 is 5.97 Å². The van der Waals surface area contributed by atoms with Crippen molar-refractivity contribution in [2.45, 2.75) is 44.9 Å². The van der Waals surface area contributed by atoms with Gasteiger partial charge in [0.15, 0.2) is 0 Å². The molecule has 102 valence electrons. The molecule has 1 aromatic carbocycles. The van der Waals surface area contributed by atoms with E-state index in [1.807, 2.05) is 6.07 Å². The first-order valence-electron chi connectivity index (χ1n) is 7.00. The summed E-state index contributed by atoms with van der Waals surface area (Å²) >= 11 is 0. The second kappa shape index (κ2) is 6.41. The van der Waals surface area contributed by atoms with Crippen molar-refractivity contribution >= 4 is 16.9 Å². The van der Waals surface area contributed by atoms with Gasteiger partial charge in [0.2, 0.25) is 0 Å². The Balaban J connectivity index is 2.15. The third kappa shape index (κ3) is 3.37. The highest BCUT2D eigenvalue weighted by molar-refractivity contribution is 5.83. The molecule has 0 saturated heterocycles. The van der Waals surface area contributed by atoms with Gasteiger partial charge in [0.1, 0.15) is 0 Å². The molecule has 2 aromatic rings. The summed E-state index contributed by atoms with van der Waals surface area (Å²) in [5, 5.41) is 10.0. The first-order chi connectivity index (χ1) is 9.22. The number of aliphatic carboxylic acids is 1. The Morgan fingerprint density at radius 2 is 2.11 bits per heavy atom. The summed E-state index contributed by atoms with van der Waals surface area (Å²) in [5.74, 6) is -0.241. The van der Waals surface area contributed by atoms with E-state index in [0.29, 0.717) is 5.92 Å². The van der Waals surface area contributed by atoms with Crippen LogP contribution in [-0.2, 0) is 4.79 Å². The second-order valence-electron chi connectivity index (χ2n) is 5.06. The highest BCUT2D eigenvalue weighted by Gasteiger charge is 2.15. The quantitative estimate of drug-likeness (QED) is 0.778. The topological polar surface area (TPSA) is 53.1 Å². The third-order valence-corrected chi connectivity index (χ3v) is 3.64. The smallest absolute Gasteiger partial charge is 0.303 e. The molecule has 3 heteroatoms. The molecular weight excluding hydrogens is 238 g/mol. The number of para-hydroxylation sites is 1. The lowest BCUT2D eigenvalue weighted by molar-refractivity contribution is -0.137. The first-order valence-corrected chi connectivity index (χ1v) is 7.00. The average molecular weight is 259 g/mol. The highest BCUT2D eigenvalue weighted by Crippen LogP contribution is 2.32. The molecule has 0 aliphatic carbocycles. The fourth-order valence-corrected chi connectivity index (χ4v) is 2.74. The molecule has 0 fully saturated rings. The number of benzene rings is 1. The molecule has 2 N–H and O–H groups in total. The first kappa shape index (κ1) is 13.7. The van der Waals surface area contributed by atoms with Crippen LogP contribution in [0.25, 0.3) is 10.9 Å². The summed E-state index contributed by atoms with van der Waals surface area (Å²) in [6.07, 6.45) is 6.29. The molecule has 0 bridgehead atoms. The van der Waals surface area contributed by atoms with Crippen molar-refractivity contribution < 1.29 is 9.90 Å². The lowest BCUT2D eigenvalue weighted by Crippen LogP contribution is -2.01. The summed E-state index contributed by atoms with van der Waals surface area (Å²) in [6, 6.07) is 8.31. The zero-order valence-electron chi connectivity index (χ0n) is 11.4. The number of nitrogens with one attached hydrogen (secondary N) is 1. The molecule has 19 heavy (non-hydrogen) atoms. The van der Waals surface area contributed by atoms with Crippen LogP contribution in [0.1, 0.15) is 50.5 Å². The minimum absolute atomic E-state index is 0.266. The summed E-state index contributed by atoms with van der Waals surface area (Å²) < 4.78 is 0. The number of rotatable bonds is 7. The molecule has 0 radical (unpaired) electrons. The van der Waals surface area contributed by atoms with E-state index in [1.165, 1.54) is 10.9 Å². The summed E-state index contributed by atoms with van der Waals surface area (Å²) in [5.41, 5.74) is 2.50. The van der Waals surface area contributed by atoms with Gasteiger partial charge in [0.05, 0.1) is 0 Å². The Bertz CT molecular complexity index is 544. The molecule has 3 nitrogen and oxygen atoms in total. The minimum Gasteiger partial charge on any atom is -0.481 e. The van der Waals surface area contributed by atoms with Crippen LogP contribution in [0.5, 0.6) is 0 Å². The number of carboxylic acids is 1. The zero-order valence-corrected chi connectivity index (χ0v) is 11.4. The predicted octanol–water partition coefficient (Wildman–Crippen LogP) is 4.31. The number of carbonyl (C=O) groups is 1. The largest absolute Gasteiger partial charge is 0.481 e. The molecule has 0 aliphatic rings. The number of hydrogen-bond donors (Lipinski definition) is 2. The maximum absolute atomic E-state index is 10.6. The standard InChI is InChI=1S/C16H21NO2/c1-2-6-12(7-5-10-16(18)19)14-11-17-15-9-4-3-8-13(14)15/h3-4,8-9,11-12,17H,2,5-7,10H2,1H3,(H,18,19). The predicted molar refractivity (Wildman–Crippen MR) is 77.4 cm³/mol. The highest BCUT2D eigenvalue weighted by atomic mass is 16.4. The van der Waals surface area contributed by atoms with Gasteiger partial charge in [-0.2, -0.15) is 0 Å². The van der Waals surface area contributed by atoms with E-state index >= 15 is 0 Å². The Labute approximate surface area is 113 Å². The molecule has 1 aromatic heterocycles. The Morgan fingerprint density at radius 1 is 1.32 bits per heavy atom. The summed E-state index contributed by atoms with van der Waals surface area (Å²) in [6.45, 7) is 2.18. The fourth-order valence-electron chi connectivity index (χ4n) is 2.74. The van der Waals surface area contributed by atoms with Crippen LogP contribution < -0.4 is 0 Å². The molecule has 1 unspecified atom stereocenters. The van der Waals surface area contributed by atoms with Crippen LogP contribution in [0.3, 0.4) is 0 Å². The van der Waals surface area contributed by atoms with Gasteiger partial charge in [-0.1, -0.05) is 31.5 Å². The lowest BCUT2D eigenvalue weighted by atomic mass is 9.89. The molecular formula is C16H21NO2. The van der Waals surface area contributed by atoms with Gasteiger partial charge in [-0.3, -0.25) is 4.79 Å².